The lowest BCUT2D eigenvalue weighted by Crippen LogP contribution is -2.50. The van der Waals surface area contributed by atoms with Crippen LogP contribution in [-0.2, 0) is 20.4 Å². The van der Waals surface area contributed by atoms with Gasteiger partial charge in [-0.25, -0.2) is 13.2 Å². The van der Waals surface area contributed by atoms with E-state index in [9.17, 15) is 23.1 Å². The molecule has 0 aliphatic carbocycles. The summed E-state index contributed by atoms with van der Waals surface area (Å²) in [5.74, 6) is -0.884. The first kappa shape index (κ1) is 18.7. The van der Waals surface area contributed by atoms with Crippen LogP contribution in [0.2, 0.25) is 0 Å². The smallest absolute Gasteiger partial charge is 0.339 e. The molecular formula is C21H16N2O5S. The summed E-state index contributed by atoms with van der Waals surface area (Å²) in [5, 5.41) is 11.7. The Balaban J connectivity index is 2.04. The zero-order valence-electron chi connectivity index (χ0n) is 15.0. The number of benzene rings is 3. The van der Waals surface area contributed by atoms with Gasteiger partial charge in [0.05, 0.1) is 4.90 Å². The number of aromatic hydroxyl groups is 1. The number of phenolic OH excluding ortho intramolecular Hbond substituents is 1. The number of imide groups is 1. The molecule has 1 aliphatic heterocycles. The van der Waals surface area contributed by atoms with Gasteiger partial charge in [0, 0.05) is 0 Å². The van der Waals surface area contributed by atoms with E-state index in [1.165, 1.54) is 24.3 Å². The molecule has 3 amide bonds. The summed E-state index contributed by atoms with van der Waals surface area (Å²) >= 11 is 0. The van der Waals surface area contributed by atoms with Gasteiger partial charge in [-0.3, -0.25) is 10.1 Å². The Kier molecular flexibility index (Phi) is 4.35. The lowest BCUT2D eigenvalue weighted by molar-refractivity contribution is -0.124. The molecule has 1 saturated heterocycles. The highest BCUT2D eigenvalue weighted by Crippen LogP contribution is 2.43. The highest BCUT2D eigenvalue weighted by atomic mass is 32.2. The molecule has 3 aromatic rings. The Hall–Kier alpha value is -3.65. The van der Waals surface area contributed by atoms with Crippen molar-refractivity contribution in [3.8, 4) is 5.75 Å². The van der Waals surface area contributed by atoms with Crippen LogP contribution in [0.5, 0.6) is 5.75 Å². The fourth-order valence-corrected chi connectivity index (χ4v) is 5.13. The first-order chi connectivity index (χ1) is 13.9. The van der Waals surface area contributed by atoms with Crippen molar-refractivity contribution in [3.05, 3.63) is 96.1 Å². The number of urea groups is 1. The van der Waals surface area contributed by atoms with Gasteiger partial charge in [0.2, 0.25) is 0 Å². The minimum atomic E-state index is -4.45. The SMILES string of the molecule is O=C1NC(=O)C(c2ccccc2)(c2ccccc2)N1S(=O)(=O)c1ccc(O)cc1. The topological polar surface area (TPSA) is 104 Å². The molecule has 0 atom stereocenters. The van der Waals surface area contributed by atoms with Gasteiger partial charge < -0.3 is 5.11 Å². The maximum atomic E-state index is 13.5. The average molecular weight is 408 g/mol. The van der Waals surface area contributed by atoms with Crippen LogP contribution in [0.1, 0.15) is 11.1 Å². The quantitative estimate of drug-likeness (QED) is 0.646. The molecule has 1 heterocycles. The predicted octanol–water partition coefficient (Wildman–Crippen LogP) is 2.58. The highest BCUT2D eigenvalue weighted by molar-refractivity contribution is 7.89. The van der Waals surface area contributed by atoms with E-state index >= 15 is 0 Å². The number of sulfonamides is 1. The molecular weight excluding hydrogens is 392 g/mol. The molecule has 0 bridgehead atoms. The van der Waals surface area contributed by atoms with E-state index in [1.807, 2.05) is 0 Å². The Morgan fingerprint density at radius 2 is 1.24 bits per heavy atom. The Morgan fingerprint density at radius 1 is 0.759 bits per heavy atom. The van der Waals surface area contributed by atoms with Crippen LogP contribution < -0.4 is 5.32 Å². The van der Waals surface area contributed by atoms with Crippen molar-refractivity contribution in [2.45, 2.75) is 10.4 Å². The Morgan fingerprint density at radius 3 is 1.72 bits per heavy atom. The van der Waals surface area contributed by atoms with Gasteiger partial charge in [-0.15, -0.1) is 0 Å². The third-order valence-electron chi connectivity index (χ3n) is 4.80. The van der Waals surface area contributed by atoms with Gasteiger partial charge in [-0.05, 0) is 35.4 Å². The fraction of sp³-hybridized carbons (Fsp3) is 0.0476. The van der Waals surface area contributed by atoms with Crippen LogP contribution in [0.3, 0.4) is 0 Å². The summed E-state index contributed by atoms with van der Waals surface area (Å²) in [6, 6.07) is 20.3. The minimum absolute atomic E-state index is 0.122. The van der Waals surface area contributed by atoms with E-state index in [0.717, 1.165) is 0 Å². The van der Waals surface area contributed by atoms with Crippen LogP contribution in [0.15, 0.2) is 89.8 Å². The lowest BCUT2D eigenvalue weighted by Gasteiger charge is -2.35. The second-order valence-corrected chi connectivity index (χ2v) is 8.25. The molecule has 3 aromatic carbocycles. The van der Waals surface area contributed by atoms with E-state index in [-0.39, 0.29) is 10.6 Å². The first-order valence-corrected chi connectivity index (χ1v) is 10.1. The van der Waals surface area contributed by atoms with Crippen molar-refractivity contribution in [1.29, 1.82) is 0 Å². The number of hydrogen-bond donors (Lipinski definition) is 2. The monoisotopic (exact) mass is 408 g/mol. The molecule has 1 aliphatic rings. The van der Waals surface area contributed by atoms with Gasteiger partial charge in [-0.1, -0.05) is 60.7 Å². The molecule has 2 N–H and O–H groups in total. The second-order valence-electron chi connectivity index (χ2n) is 6.47. The van der Waals surface area contributed by atoms with Gasteiger partial charge in [0.1, 0.15) is 5.75 Å². The van der Waals surface area contributed by atoms with Crippen molar-refractivity contribution >= 4 is 22.0 Å². The standard InChI is InChI=1S/C21H16N2O5S/c24-17-11-13-18(14-12-17)29(27,28)23-20(26)22-19(25)21(23,15-7-3-1-4-8-15)16-9-5-2-6-10-16/h1-14,24H,(H,22,25,26). The van der Waals surface area contributed by atoms with E-state index in [4.69, 9.17) is 0 Å². The summed E-state index contributed by atoms with van der Waals surface area (Å²) < 4.78 is 27.6. The fourth-order valence-electron chi connectivity index (χ4n) is 3.52. The normalized spacial score (nSPS) is 15.9. The molecule has 0 unspecified atom stereocenters. The number of hydrogen-bond acceptors (Lipinski definition) is 5. The Bertz CT molecular complexity index is 1140. The van der Waals surface area contributed by atoms with Crippen molar-refractivity contribution in [1.82, 2.24) is 9.62 Å². The van der Waals surface area contributed by atoms with Gasteiger partial charge in [-0.2, -0.15) is 4.31 Å². The van der Waals surface area contributed by atoms with E-state index in [0.29, 0.717) is 15.4 Å². The third-order valence-corrected chi connectivity index (χ3v) is 6.58. The lowest BCUT2D eigenvalue weighted by atomic mass is 9.83. The molecule has 0 aromatic heterocycles. The molecule has 8 heteroatoms. The van der Waals surface area contributed by atoms with Crippen LogP contribution in [-0.4, -0.2) is 29.8 Å². The van der Waals surface area contributed by atoms with Crippen molar-refractivity contribution in [2.75, 3.05) is 0 Å². The molecule has 4 rings (SSSR count). The van der Waals surface area contributed by atoms with Crippen LogP contribution >= 0.6 is 0 Å². The molecule has 7 nitrogen and oxygen atoms in total. The number of nitrogens with one attached hydrogen (secondary N) is 1. The summed E-state index contributed by atoms with van der Waals surface area (Å²) in [5.41, 5.74) is -1.25. The van der Waals surface area contributed by atoms with E-state index in [2.05, 4.69) is 5.32 Å². The summed E-state index contributed by atoms with van der Waals surface area (Å²) in [6.45, 7) is 0. The predicted molar refractivity (Wildman–Crippen MR) is 104 cm³/mol. The molecule has 146 valence electrons. The second kappa shape index (κ2) is 6.75. The molecule has 0 spiro atoms. The van der Waals surface area contributed by atoms with Crippen molar-refractivity contribution in [2.24, 2.45) is 0 Å². The molecule has 1 fully saturated rings. The maximum absolute atomic E-state index is 13.5. The van der Waals surface area contributed by atoms with E-state index < -0.39 is 27.5 Å². The Labute approximate surface area is 167 Å². The number of carbonyl (C=O) groups excluding carboxylic acids is 2. The summed E-state index contributed by atoms with van der Waals surface area (Å²) in [6.07, 6.45) is 0. The van der Waals surface area contributed by atoms with Crippen molar-refractivity contribution < 1.29 is 23.1 Å². The summed E-state index contributed by atoms with van der Waals surface area (Å²) in [4.78, 5) is 25.7. The van der Waals surface area contributed by atoms with Crippen LogP contribution in [0, 0.1) is 0 Å². The minimum Gasteiger partial charge on any atom is -0.508 e. The number of nitrogens with zero attached hydrogens (tertiary/aromatic N) is 1. The largest absolute Gasteiger partial charge is 0.508 e. The number of carbonyl (C=O) groups is 2. The van der Waals surface area contributed by atoms with Crippen LogP contribution in [0.4, 0.5) is 4.79 Å². The zero-order chi connectivity index (χ0) is 20.6. The van der Waals surface area contributed by atoms with Crippen molar-refractivity contribution in [3.63, 3.8) is 0 Å². The molecule has 0 saturated carbocycles. The highest BCUT2D eigenvalue weighted by Gasteiger charge is 2.60. The number of rotatable bonds is 4. The third kappa shape index (κ3) is 2.76. The van der Waals surface area contributed by atoms with Gasteiger partial charge >= 0.3 is 6.03 Å². The average Bonchev–Trinajstić information content (AvgIpc) is 3.01. The first-order valence-electron chi connectivity index (χ1n) is 8.69. The molecule has 0 radical (unpaired) electrons. The van der Waals surface area contributed by atoms with Crippen LogP contribution in [0.25, 0.3) is 0 Å². The van der Waals surface area contributed by atoms with Gasteiger partial charge in [0.15, 0.2) is 5.54 Å². The maximum Gasteiger partial charge on any atom is 0.339 e. The number of amides is 3. The van der Waals surface area contributed by atoms with E-state index in [1.54, 1.807) is 60.7 Å². The zero-order valence-corrected chi connectivity index (χ0v) is 15.8. The summed E-state index contributed by atoms with van der Waals surface area (Å²) in [7, 11) is -4.45. The van der Waals surface area contributed by atoms with Gasteiger partial charge in [0.25, 0.3) is 15.9 Å². The number of phenols is 1. The molecule has 29 heavy (non-hydrogen) atoms.